The molecule has 0 spiro atoms. The molecule has 0 bridgehead atoms. The van der Waals surface area contributed by atoms with E-state index >= 15 is 0 Å². The zero-order valence-electron chi connectivity index (χ0n) is 77.2. The maximum absolute atomic E-state index is 13.9. The number of halogens is 4. The highest BCUT2D eigenvalue weighted by Gasteiger charge is 2.53. The lowest BCUT2D eigenvalue weighted by Gasteiger charge is -2.43. The molecule has 4 aromatic carbocycles. The van der Waals surface area contributed by atoms with Crippen molar-refractivity contribution in [1.82, 2.24) is 30.7 Å². The number of pyridine rings is 1. The van der Waals surface area contributed by atoms with Gasteiger partial charge in [-0.3, -0.25) is 82.8 Å². The maximum Gasteiger partial charge on any atom is 0.490 e. The summed E-state index contributed by atoms with van der Waals surface area (Å²) in [5.41, 5.74) is 8.58. The van der Waals surface area contributed by atoms with Gasteiger partial charge >= 0.3 is 19.4 Å². The van der Waals surface area contributed by atoms with Crippen LogP contribution in [-0.4, -0.2) is 308 Å². The third-order valence-electron chi connectivity index (χ3n) is 22.2. The van der Waals surface area contributed by atoms with Gasteiger partial charge in [0.2, 0.25) is 17.5 Å². The number of hydrazone groups is 1. The summed E-state index contributed by atoms with van der Waals surface area (Å²) in [6.07, 6.45) is -8.82. The van der Waals surface area contributed by atoms with E-state index in [-0.39, 0.29) is 150 Å². The van der Waals surface area contributed by atoms with Gasteiger partial charge in [-0.05, 0) is 61.6 Å². The van der Waals surface area contributed by atoms with E-state index in [1.165, 1.54) is 84.4 Å². The molecule has 5 aromatic rings. The van der Waals surface area contributed by atoms with E-state index in [1.54, 1.807) is 27.0 Å². The fraction of sp³-hybridized carbons (Fsp3) is 0.425. The van der Waals surface area contributed by atoms with Crippen LogP contribution in [-0.2, 0) is 106 Å². The van der Waals surface area contributed by atoms with Gasteiger partial charge in [-0.25, -0.2) is 25.4 Å². The highest BCUT2D eigenvalue weighted by molar-refractivity contribution is 8.76. The van der Waals surface area contributed by atoms with E-state index in [0.717, 1.165) is 34.1 Å². The molecule has 14 atom stereocenters. The molecule has 5 aliphatic heterocycles. The van der Waals surface area contributed by atoms with Gasteiger partial charge in [0, 0.05) is 173 Å². The maximum atomic E-state index is 13.9. The molecule has 10 unspecified atom stereocenters. The lowest BCUT2D eigenvalue weighted by atomic mass is 9.71. The lowest BCUT2D eigenvalue weighted by molar-refractivity contribution is -0.427. The van der Waals surface area contributed by atoms with Gasteiger partial charge in [0.15, 0.2) is 48.7 Å². The number of hydroxylamine groups is 2. The summed E-state index contributed by atoms with van der Waals surface area (Å²) in [6, 6.07) is 12.7. The molecule has 4 aliphatic carbocycles. The average Bonchev–Trinajstić information content (AvgIpc) is 1.39. The second-order valence-corrected chi connectivity index (χ2v) is 37.0. The minimum Gasteiger partial charge on any atom is -0.507 e. The number of ketones is 6. The minimum absolute atomic E-state index is 0. The Hall–Kier alpha value is -11.2. The number of fused-ring (bicyclic) bond motifs is 6. The van der Waals surface area contributed by atoms with E-state index in [2.05, 4.69) is 60.1 Å². The summed E-state index contributed by atoms with van der Waals surface area (Å²) >= 11 is 8.15. The van der Waals surface area contributed by atoms with Crippen LogP contribution in [0.25, 0.3) is 0 Å². The van der Waals surface area contributed by atoms with Crippen molar-refractivity contribution in [1.29, 1.82) is 1.28 Å². The number of methoxy groups -OCH3 is 2. The Balaban J connectivity index is 0.000000296. The molecule has 3 saturated heterocycles. The van der Waals surface area contributed by atoms with E-state index in [9.17, 15) is 136 Å². The first-order chi connectivity index (χ1) is 66.9. The van der Waals surface area contributed by atoms with Gasteiger partial charge in [0.25, 0.3) is 41.4 Å². The Morgan fingerprint density at radius 1 is 0.662 bits per heavy atom. The number of aliphatic hydroxyl groups excluding tert-OH is 5. The van der Waals surface area contributed by atoms with Crippen LogP contribution in [0.1, 0.15) is 183 Å². The summed E-state index contributed by atoms with van der Waals surface area (Å²) in [4.78, 5) is 200. The van der Waals surface area contributed by atoms with Crippen LogP contribution in [0.5, 0.6) is 34.5 Å². The number of quaternary nitrogens is 1. The Labute approximate surface area is 835 Å². The second kappa shape index (κ2) is 54.0. The molecule has 8 amide bonds. The standard InChI is InChI=1S/C34H36N4O13.C27H29NO11.C12H12N2O4S2.C7H9N3O3.C4H8OS.C2HF3O2.CH4O.ClH.H2P2S/c1-14-29(43)17(35)10-24(50-14)51-19-12-34(48,20(13-39)36-37-21(40)8-9-38-22(41)6-7-23(38)42)11-16-26(19)33(47)28-27(31(16)45)30(44)15-4-3-5-18(49-2)25(15)32(28)46;1-10-22(31)13(28)6-17(38-10)39-15-8-27(36,16(30)9-29)7-12-19(15)26(35)21-20(24(12)33)23(32)11-4-3-5-14(37-2)18(11)25(21)34;15-10-4-5-11(16)14(10)18-12(17)6-8-19-20-9-3-1-2-7-13-9;8-9-5(11)3-4-10-6(12)1-2-7(10)13;1-4(5)2-3-6;3-2(4,5)1(6)7;1-2;;1-2-3/h3-7,14,17,19,24,29,39,43,45,47-48H,8-13,35H2,1-2H3,(H,37,40);3-5,10,13,15,17,22,29,31,33,35-36H,6-9,28H2,1-2H3;1-3,7H,4-6,8H2;1-2H,3-4,8H2,(H,9,11);6H,2-3H2,1H3;(H,6,7);2H,1H3;1H;1H2/p+2/b36-20+;;;;;;;;/t14?,17?,19-,24?,29?,34-;10?,13?,15-,17?,22?,27-;;;;;;;/m00......./s1/i/hD. The molecule has 55 heteroatoms. The van der Waals surface area contributed by atoms with Gasteiger partial charge in [0.1, 0.15) is 63.1 Å². The summed E-state index contributed by atoms with van der Waals surface area (Å²) in [5, 5.41) is 129. The number of carboxylic acid groups (broad SMARTS) is 1. The number of hydrogen-bond donors (Lipinski definition) is 18. The molecular weight excluding hydrogens is 2030 g/mol. The van der Waals surface area contributed by atoms with Crippen molar-refractivity contribution in [3.8, 4) is 34.5 Å². The van der Waals surface area contributed by atoms with Gasteiger partial charge in [-0.2, -0.15) is 30.9 Å². The van der Waals surface area contributed by atoms with Crippen LogP contribution in [0.3, 0.4) is 0 Å². The monoisotopic (exact) mass is 2130 g/mol. The van der Waals surface area contributed by atoms with Gasteiger partial charge < -0.3 is 106 Å². The molecule has 45 nitrogen and oxygen atoms in total. The number of thiol groups is 1. The number of rotatable bonds is 25. The van der Waals surface area contributed by atoms with Crippen LogP contribution in [0.4, 0.5) is 13.2 Å². The number of phenols is 4. The molecule has 0 saturated carbocycles. The Kier molecular flexibility index (Phi) is 44.8. The molecule has 0 radical (unpaired) electrons. The molecule has 9 aliphatic rings. The van der Waals surface area contributed by atoms with Crippen LogP contribution in [0.15, 0.2) is 95.2 Å². The first kappa shape index (κ1) is 118. The van der Waals surface area contributed by atoms with Crippen molar-refractivity contribution >= 4 is 174 Å². The number of hydrogen-bond acceptors (Lipinski definition) is 42. The zero-order valence-corrected chi connectivity index (χ0v) is 82.4. The highest BCUT2D eigenvalue weighted by atomic mass is 35.5. The summed E-state index contributed by atoms with van der Waals surface area (Å²) < 4.78 is 72.5. The molecule has 3 fully saturated rings. The molecule has 772 valence electrons. The number of nitrogens with two attached hydrogens (primary N) is 2. The fourth-order valence-electron chi connectivity index (χ4n) is 15.2. The first-order valence-corrected chi connectivity index (χ1v) is 48.6. The number of phenolic OH excluding ortho intramolecular Hbond substituents is 4. The number of carboxylic acids is 1. The summed E-state index contributed by atoms with van der Waals surface area (Å²) in [5.74, 6) is -9.46. The van der Waals surface area contributed by atoms with Crippen LogP contribution in [0, 0.1) is 0 Å². The normalized spacial score (nSPS) is 22.7. The number of carbonyl (C=O) groups excluding carboxylic acids is 15. The number of alkyl halides is 3. The number of imide groups is 3. The van der Waals surface area contributed by atoms with Crippen LogP contribution in [0.2, 0.25) is 0 Å². The number of nitrogens with one attached hydrogen (secondary N) is 2. The van der Waals surface area contributed by atoms with E-state index in [1.807, 2.05) is 18.2 Å². The molecule has 14 rings (SSSR count). The number of aromatic nitrogens is 1. The van der Waals surface area contributed by atoms with E-state index in [0.29, 0.717) is 23.0 Å². The summed E-state index contributed by atoms with van der Waals surface area (Å²) in [6.45, 7) is 1.73. The molecular formula is C87H104ClF3N10O35P2S4+2. The molecule has 1 aromatic heterocycles. The largest absolute Gasteiger partial charge is 0.507 e. The zero-order chi connectivity index (χ0) is 106. The number of nitrogens with zero attached hydrogens (tertiary/aromatic N) is 5. The number of aliphatic hydroxyl groups is 7. The third kappa shape index (κ3) is 29.1. The van der Waals surface area contributed by atoms with Gasteiger partial charge in [-0.1, -0.05) is 41.1 Å². The first-order valence-electron chi connectivity index (χ1n) is 42.6. The molecule has 6 heterocycles. The number of aliphatic carboxylic acids is 1. The van der Waals surface area contributed by atoms with Crippen molar-refractivity contribution in [3.63, 3.8) is 0 Å². The van der Waals surface area contributed by atoms with Crippen LogP contribution >= 0.6 is 62.5 Å². The number of benzene rings is 4. The SMILES string of the molecule is CC(=O)CCS.CO.COc1cccc2c1C(=O)c1c(O)c3c(c(O)c1C2=O)C[C@@](O)(/C(CO)=N/NC(=O)CCN1C(=O)C=CC1=O)C[C@@H]3OC1CC(N)C(O)C(C)O1.COc1cccc2c1C(=O)c1c(O)c3c(c(O)c1C2=O)C[C@@](O)(C(=O)CO)C[C@@H]3OC1CC(N)C(O)C(C)O1.Cl.O=C(CCSSc1ccccn1)ON1C(=O)CCC1=O.O=C(O)C(F)(F)F.[2H][P+](P)=S.[NH3+]NC(=O)CCN1C(=O)C=CC1=O. The number of Topliss-reactive ketones (excluding diaryl/α,β-unsaturated/α-hetero) is 2. The Bertz CT molecular complexity index is 5710. The van der Waals surface area contributed by atoms with Crippen LogP contribution < -0.4 is 37.6 Å². The fourth-order valence-corrected chi connectivity index (χ4v) is 17.4. The number of ether oxygens (including phenoxy) is 6. The smallest absolute Gasteiger partial charge is 0.490 e. The second-order valence-electron chi connectivity index (χ2n) is 31.4. The quantitative estimate of drug-likeness (QED) is 0.00556. The predicted molar refractivity (Wildman–Crippen MR) is 504 cm³/mol. The van der Waals surface area contributed by atoms with Gasteiger partial charge in [-0.15, -0.1) is 17.5 Å². The highest BCUT2D eigenvalue weighted by Crippen LogP contribution is 2.55. The Morgan fingerprint density at radius 3 is 1.44 bits per heavy atom. The number of aromatic hydroxyl groups is 4. The van der Waals surface area contributed by atoms with Crippen molar-refractivity contribution in [2.45, 2.75) is 182 Å². The average molecular weight is 2130 g/mol. The van der Waals surface area contributed by atoms with Crippen molar-refractivity contribution in [2.24, 2.45) is 16.6 Å². The number of carbonyl (C=O) groups is 16. The van der Waals surface area contributed by atoms with E-state index in [4.69, 9.17) is 61.0 Å². The van der Waals surface area contributed by atoms with E-state index < -0.39 is 246 Å². The summed E-state index contributed by atoms with van der Waals surface area (Å²) in [7, 11) is 8.75. The topological polar surface area (TPSA) is 719 Å². The van der Waals surface area contributed by atoms with Crippen molar-refractivity contribution in [3.05, 3.63) is 152 Å². The third-order valence-corrected chi connectivity index (χ3v) is 24.6. The minimum atomic E-state index is -5.08. The molecule has 21 N–H and O–H groups in total. The molecule has 142 heavy (non-hydrogen) atoms. The van der Waals surface area contributed by atoms with Gasteiger partial charge in [0.05, 0.1) is 112 Å². The van der Waals surface area contributed by atoms with Crippen molar-refractivity contribution in [2.75, 3.05) is 59.1 Å². The predicted octanol–water partition coefficient (Wildman–Crippen LogP) is 1.09. The number of amides is 8. The van der Waals surface area contributed by atoms with Crippen molar-refractivity contribution < 1.29 is 190 Å². The lowest BCUT2D eigenvalue weighted by Crippen LogP contribution is -2.67. The Morgan fingerprint density at radius 2 is 1.08 bits per heavy atom.